The van der Waals surface area contributed by atoms with Gasteiger partial charge in [-0.05, 0) is 18.6 Å². The molecule has 1 amide bonds. The van der Waals surface area contributed by atoms with Crippen LogP contribution in [0.1, 0.15) is 15.9 Å². The Balaban J connectivity index is 2.35. The summed E-state index contributed by atoms with van der Waals surface area (Å²) < 4.78 is 0. The van der Waals surface area contributed by atoms with Crippen molar-refractivity contribution in [1.29, 1.82) is 0 Å². The highest BCUT2D eigenvalue weighted by atomic mass is 16.6. The number of rotatable bonds is 4. The average molecular weight is 287 g/mol. The molecule has 8 heteroatoms. The van der Waals surface area contributed by atoms with E-state index in [9.17, 15) is 14.9 Å². The molecule has 0 radical (unpaired) electrons. The molecule has 2 aromatic rings. The van der Waals surface area contributed by atoms with Crippen molar-refractivity contribution in [3.05, 3.63) is 52.0 Å². The molecule has 0 aromatic carbocycles. The molecule has 0 unspecified atom stereocenters. The van der Waals surface area contributed by atoms with Gasteiger partial charge in [0.05, 0.1) is 16.8 Å². The molecular formula is C13H13N5O3. The number of carbonyl (C=O) groups is 1. The van der Waals surface area contributed by atoms with E-state index in [0.29, 0.717) is 11.5 Å². The van der Waals surface area contributed by atoms with E-state index in [2.05, 4.69) is 20.6 Å². The highest BCUT2D eigenvalue weighted by Gasteiger charge is 2.21. The summed E-state index contributed by atoms with van der Waals surface area (Å²) in [6.45, 7) is 1.83. The van der Waals surface area contributed by atoms with Gasteiger partial charge in [-0.3, -0.25) is 19.9 Å². The number of hydrogen-bond acceptors (Lipinski definition) is 6. The summed E-state index contributed by atoms with van der Waals surface area (Å²) in [5.74, 6) is -0.221. The molecule has 0 aliphatic carbocycles. The summed E-state index contributed by atoms with van der Waals surface area (Å²) in [6, 6.07) is 3.05. The predicted molar refractivity (Wildman–Crippen MR) is 77.4 cm³/mol. The Kier molecular flexibility index (Phi) is 4.07. The number of aryl methyl sites for hydroxylation is 1. The van der Waals surface area contributed by atoms with Crippen LogP contribution in [0.2, 0.25) is 0 Å². The zero-order chi connectivity index (χ0) is 15.4. The third-order valence-electron chi connectivity index (χ3n) is 2.71. The third-order valence-corrected chi connectivity index (χ3v) is 2.71. The summed E-state index contributed by atoms with van der Waals surface area (Å²) in [6.07, 6.45) is 4.16. The van der Waals surface area contributed by atoms with Crippen LogP contribution in [0.25, 0.3) is 0 Å². The van der Waals surface area contributed by atoms with Crippen LogP contribution >= 0.6 is 0 Å². The highest BCUT2D eigenvalue weighted by Crippen LogP contribution is 2.21. The average Bonchev–Trinajstić information content (AvgIpc) is 2.46. The minimum Gasteiger partial charge on any atom is -0.373 e. The van der Waals surface area contributed by atoms with Crippen molar-refractivity contribution in [2.75, 3.05) is 17.7 Å². The van der Waals surface area contributed by atoms with Crippen molar-refractivity contribution in [3.8, 4) is 0 Å². The number of aromatic nitrogens is 2. The van der Waals surface area contributed by atoms with E-state index in [4.69, 9.17) is 0 Å². The number of hydrogen-bond donors (Lipinski definition) is 2. The van der Waals surface area contributed by atoms with Gasteiger partial charge in [0.25, 0.3) is 11.6 Å². The summed E-state index contributed by atoms with van der Waals surface area (Å²) >= 11 is 0. The summed E-state index contributed by atoms with van der Waals surface area (Å²) in [4.78, 5) is 30.3. The Morgan fingerprint density at radius 1 is 1.29 bits per heavy atom. The molecule has 0 atom stereocenters. The first-order valence-electron chi connectivity index (χ1n) is 6.06. The highest BCUT2D eigenvalue weighted by molar-refractivity contribution is 6.07. The Labute approximate surface area is 120 Å². The van der Waals surface area contributed by atoms with Gasteiger partial charge in [-0.2, -0.15) is 0 Å². The van der Waals surface area contributed by atoms with Gasteiger partial charge in [-0.1, -0.05) is 0 Å². The SMILES string of the molecule is CNc1cc(C(=O)Nc2cncc(C)c2)c([N+](=O)[O-])cn1. The van der Waals surface area contributed by atoms with Gasteiger partial charge >= 0.3 is 0 Å². The van der Waals surface area contributed by atoms with Crippen LogP contribution in [0, 0.1) is 17.0 Å². The van der Waals surface area contributed by atoms with E-state index in [1.807, 2.05) is 6.92 Å². The van der Waals surface area contributed by atoms with Crippen molar-refractivity contribution < 1.29 is 9.72 Å². The van der Waals surface area contributed by atoms with E-state index in [1.165, 1.54) is 12.3 Å². The fourth-order valence-electron chi connectivity index (χ4n) is 1.73. The molecule has 0 saturated heterocycles. The molecule has 0 spiro atoms. The lowest BCUT2D eigenvalue weighted by atomic mass is 10.2. The van der Waals surface area contributed by atoms with Crippen LogP contribution in [-0.2, 0) is 0 Å². The molecular weight excluding hydrogens is 274 g/mol. The molecule has 0 bridgehead atoms. The molecule has 2 heterocycles. The first-order chi connectivity index (χ1) is 10.0. The van der Waals surface area contributed by atoms with Crippen LogP contribution in [0.4, 0.5) is 17.2 Å². The second-order valence-electron chi connectivity index (χ2n) is 4.30. The Morgan fingerprint density at radius 2 is 2.05 bits per heavy atom. The Hall–Kier alpha value is -3.03. The molecule has 2 rings (SSSR count). The number of carbonyl (C=O) groups excluding carboxylic acids is 1. The molecule has 0 fully saturated rings. The van der Waals surface area contributed by atoms with Crippen LogP contribution in [0.3, 0.4) is 0 Å². The van der Waals surface area contributed by atoms with Crippen molar-refractivity contribution in [3.63, 3.8) is 0 Å². The zero-order valence-corrected chi connectivity index (χ0v) is 11.5. The maximum absolute atomic E-state index is 12.2. The number of nitrogens with zero attached hydrogens (tertiary/aromatic N) is 3. The van der Waals surface area contributed by atoms with Gasteiger partial charge in [-0.15, -0.1) is 0 Å². The topological polar surface area (TPSA) is 110 Å². The monoisotopic (exact) mass is 287 g/mol. The number of nitrogens with one attached hydrogen (secondary N) is 2. The Bertz CT molecular complexity index is 702. The van der Waals surface area contributed by atoms with Crippen molar-refractivity contribution in [1.82, 2.24) is 9.97 Å². The van der Waals surface area contributed by atoms with Gasteiger partial charge in [-0.25, -0.2) is 4.98 Å². The van der Waals surface area contributed by atoms with Gasteiger partial charge in [0.15, 0.2) is 0 Å². The van der Waals surface area contributed by atoms with Crippen molar-refractivity contribution in [2.45, 2.75) is 6.92 Å². The largest absolute Gasteiger partial charge is 0.373 e. The summed E-state index contributed by atoms with van der Waals surface area (Å²) in [7, 11) is 1.61. The van der Waals surface area contributed by atoms with Crippen molar-refractivity contribution >= 4 is 23.1 Å². The normalized spacial score (nSPS) is 10.0. The van der Waals surface area contributed by atoms with Gasteiger partial charge in [0.1, 0.15) is 17.6 Å². The second kappa shape index (κ2) is 5.95. The number of pyridine rings is 2. The first kappa shape index (κ1) is 14.4. The van der Waals surface area contributed by atoms with Crippen molar-refractivity contribution in [2.24, 2.45) is 0 Å². The van der Waals surface area contributed by atoms with Crippen LogP contribution in [0.15, 0.2) is 30.7 Å². The van der Waals surface area contributed by atoms with Crippen LogP contribution < -0.4 is 10.6 Å². The number of anilines is 2. The minimum absolute atomic E-state index is 0.0687. The van der Waals surface area contributed by atoms with E-state index in [1.54, 1.807) is 19.3 Å². The third kappa shape index (κ3) is 3.30. The predicted octanol–water partition coefficient (Wildman–Crippen LogP) is 1.99. The number of nitro groups is 1. The van der Waals surface area contributed by atoms with E-state index in [-0.39, 0.29) is 11.3 Å². The van der Waals surface area contributed by atoms with Crippen LogP contribution in [-0.4, -0.2) is 27.8 Å². The molecule has 8 nitrogen and oxygen atoms in total. The lowest BCUT2D eigenvalue weighted by molar-refractivity contribution is -0.385. The molecule has 2 N–H and O–H groups in total. The van der Waals surface area contributed by atoms with Gasteiger partial charge in [0, 0.05) is 19.3 Å². The van der Waals surface area contributed by atoms with E-state index >= 15 is 0 Å². The molecule has 2 aromatic heterocycles. The molecule has 0 aliphatic heterocycles. The molecule has 0 aliphatic rings. The first-order valence-corrected chi connectivity index (χ1v) is 6.06. The summed E-state index contributed by atoms with van der Waals surface area (Å²) in [5, 5.41) is 16.3. The van der Waals surface area contributed by atoms with Gasteiger partial charge in [0.2, 0.25) is 0 Å². The molecule has 0 saturated carbocycles. The Morgan fingerprint density at radius 3 is 2.67 bits per heavy atom. The van der Waals surface area contributed by atoms with E-state index in [0.717, 1.165) is 11.8 Å². The number of amides is 1. The lowest BCUT2D eigenvalue weighted by Gasteiger charge is -2.07. The molecule has 108 valence electrons. The maximum Gasteiger partial charge on any atom is 0.300 e. The quantitative estimate of drug-likeness (QED) is 0.657. The maximum atomic E-state index is 12.2. The van der Waals surface area contributed by atoms with E-state index < -0.39 is 10.8 Å². The van der Waals surface area contributed by atoms with Gasteiger partial charge < -0.3 is 10.6 Å². The fourth-order valence-corrected chi connectivity index (χ4v) is 1.73. The smallest absolute Gasteiger partial charge is 0.300 e. The summed E-state index contributed by atoms with van der Waals surface area (Å²) in [5.41, 5.74) is 0.915. The standard InChI is InChI=1S/C13H13N5O3/c1-8-3-9(6-15-5-8)17-13(19)10-4-12(14-2)16-7-11(10)18(20)21/h3-7H,1-2H3,(H,14,16)(H,17,19). The second-order valence-corrected chi connectivity index (χ2v) is 4.30. The lowest BCUT2D eigenvalue weighted by Crippen LogP contribution is -2.15. The fraction of sp³-hybridized carbons (Fsp3) is 0.154. The molecule has 21 heavy (non-hydrogen) atoms. The minimum atomic E-state index is -0.643. The van der Waals surface area contributed by atoms with Crippen LogP contribution in [0.5, 0.6) is 0 Å². The zero-order valence-electron chi connectivity index (χ0n) is 11.5.